The van der Waals surface area contributed by atoms with E-state index in [1.165, 1.54) is 44.1 Å². The molecular formula is C24H37NO2. The molecule has 4 rings (SSSR count). The molecule has 0 aliphatic heterocycles. The average Bonchev–Trinajstić information content (AvgIpc) is 3.07. The monoisotopic (exact) mass is 371 g/mol. The molecule has 150 valence electrons. The predicted octanol–water partition coefficient (Wildman–Crippen LogP) is 5.15. The fourth-order valence-corrected chi connectivity index (χ4v) is 7.65. The van der Waals surface area contributed by atoms with Crippen LogP contribution in [0.2, 0.25) is 0 Å². The molecule has 0 aromatic rings. The van der Waals surface area contributed by atoms with Crippen molar-refractivity contribution in [1.82, 2.24) is 4.90 Å². The largest absolute Gasteiger partial charge is 0.343 e. The smallest absolute Gasteiger partial charge is 0.223 e. The number of carbonyl (C=O) groups is 2. The highest BCUT2D eigenvalue weighted by molar-refractivity contribution is 5.91. The van der Waals surface area contributed by atoms with E-state index in [0.717, 1.165) is 56.5 Å². The first kappa shape index (κ1) is 19.2. The maximum Gasteiger partial charge on any atom is 0.223 e. The molecule has 5 atom stereocenters. The van der Waals surface area contributed by atoms with Crippen LogP contribution in [-0.2, 0) is 9.59 Å². The molecule has 3 saturated carbocycles. The summed E-state index contributed by atoms with van der Waals surface area (Å²) in [6, 6.07) is 0. The Labute approximate surface area is 165 Å². The van der Waals surface area contributed by atoms with Gasteiger partial charge in [0.15, 0.2) is 5.78 Å². The molecule has 3 fully saturated rings. The van der Waals surface area contributed by atoms with Crippen molar-refractivity contribution >= 4 is 11.7 Å². The van der Waals surface area contributed by atoms with Gasteiger partial charge in [0, 0.05) is 25.9 Å². The van der Waals surface area contributed by atoms with E-state index < -0.39 is 0 Å². The number of hydrogen-bond acceptors (Lipinski definition) is 2. The first-order chi connectivity index (χ1) is 12.9. The number of ketones is 1. The van der Waals surface area contributed by atoms with Crippen LogP contribution in [-0.4, -0.2) is 29.7 Å². The molecule has 4 aliphatic rings. The van der Waals surface area contributed by atoms with Crippen LogP contribution in [0.5, 0.6) is 0 Å². The van der Waals surface area contributed by atoms with Crippen LogP contribution in [0.25, 0.3) is 0 Å². The van der Waals surface area contributed by atoms with E-state index in [9.17, 15) is 9.59 Å². The Balaban J connectivity index is 1.58. The lowest BCUT2D eigenvalue weighted by Crippen LogP contribution is -2.51. The summed E-state index contributed by atoms with van der Waals surface area (Å²) in [6.07, 6.45) is 13.3. The fourth-order valence-electron chi connectivity index (χ4n) is 7.65. The Morgan fingerprint density at radius 3 is 2.59 bits per heavy atom. The second kappa shape index (κ2) is 7.04. The second-order valence-corrected chi connectivity index (χ2v) is 10.0. The molecule has 27 heavy (non-hydrogen) atoms. The Hall–Kier alpha value is -1.12. The van der Waals surface area contributed by atoms with Gasteiger partial charge in [-0.2, -0.15) is 0 Å². The minimum atomic E-state index is 0.245. The summed E-state index contributed by atoms with van der Waals surface area (Å²) < 4.78 is 0. The molecular weight excluding hydrogens is 334 g/mol. The minimum Gasteiger partial charge on any atom is -0.343 e. The van der Waals surface area contributed by atoms with Crippen LogP contribution in [0, 0.1) is 28.6 Å². The number of allylic oxidation sites excluding steroid dienone is 1. The van der Waals surface area contributed by atoms with E-state index in [2.05, 4.69) is 20.8 Å². The normalized spacial score (nSPS) is 40.6. The summed E-state index contributed by atoms with van der Waals surface area (Å²) >= 11 is 0. The van der Waals surface area contributed by atoms with Crippen LogP contribution in [0.1, 0.15) is 85.0 Å². The zero-order valence-electron chi connectivity index (χ0n) is 17.6. The first-order valence-electron chi connectivity index (χ1n) is 11.4. The maximum absolute atomic E-state index is 13.0. The van der Waals surface area contributed by atoms with Gasteiger partial charge in [0.05, 0.1) is 0 Å². The van der Waals surface area contributed by atoms with Crippen LogP contribution in [0.4, 0.5) is 0 Å². The van der Waals surface area contributed by atoms with Crippen molar-refractivity contribution < 1.29 is 9.59 Å². The van der Waals surface area contributed by atoms with Gasteiger partial charge >= 0.3 is 0 Å². The third-order valence-corrected chi connectivity index (χ3v) is 9.11. The number of amides is 1. The molecule has 0 unspecified atom stereocenters. The van der Waals surface area contributed by atoms with Crippen molar-refractivity contribution in [2.75, 3.05) is 13.1 Å². The molecule has 0 saturated heterocycles. The SMILES string of the molecule is CCN(CC)C(=O)C[C@@]12CCC[C@H]1[C@@H]1CCC3=CC(=O)CC[C@]3(C)[C@H]1CC2. The lowest BCUT2D eigenvalue weighted by molar-refractivity contribution is -0.137. The fraction of sp³-hybridized carbons (Fsp3) is 0.833. The topological polar surface area (TPSA) is 37.4 Å². The van der Waals surface area contributed by atoms with Crippen LogP contribution in [0.3, 0.4) is 0 Å². The number of fused-ring (bicyclic) bond motifs is 5. The third-order valence-electron chi connectivity index (χ3n) is 9.11. The number of rotatable bonds is 4. The molecule has 0 N–H and O–H groups in total. The van der Waals surface area contributed by atoms with Gasteiger partial charge in [0.25, 0.3) is 0 Å². The zero-order chi connectivity index (χ0) is 19.2. The molecule has 0 bridgehead atoms. The Morgan fingerprint density at radius 2 is 1.85 bits per heavy atom. The summed E-state index contributed by atoms with van der Waals surface area (Å²) in [4.78, 5) is 27.0. The standard InChI is InChI=1S/C24H37NO2/c1-4-25(5-2)22(27)16-24-12-6-7-21(24)19-9-8-17-15-18(26)10-13-23(17,3)20(19)11-14-24/h15,19-21H,4-14,16H2,1-3H3/t19-,20+,21+,23+,24+/m1/s1. The number of hydrogen-bond donors (Lipinski definition) is 0. The van der Waals surface area contributed by atoms with Crippen LogP contribution < -0.4 is 0 Å². The summed E-state index contributed by atoms with van der Waals surface area (Å²) in [5, 5.41) is 0. The number of nitrogens with zero attached hydrogens (tertiary/aromatic N) is 1. The molecule has 1 amide bonds. The van der Waals surface area contributed by atoms with E-state index in [1.807, 2.05) is 11.0 Å². The van der Waals surface area contributed by atoms with Gasteiger partial charge in [0.1, 0.15) is 0 Å². The van der Waals surface area contributed by atoms with Crippen molar-refractivity contribution in [1.29, 1.82) is 0 Å². The van der Waals surface area contributed by atoms with E-state index in [4.69, 9.17) is 0 Å². The van der Waals surface area contributed by atoms with Gasteiger partial charge in [-0.3, -0.25) is 9.59 Å². The molecule has 0 spiro atoms. The van der Waals surface area contributed by atoms with Crippen LogP contribution >= 0.6 is 0 Å². The van der Waals surface area contributed by atoms with Crippen molar-refractivity contribution in [2.24, 2.45) is 28.6 Å². The van der Waals surface area contributed by atoms with E-state index in [1.54, 1.807) is 0 Å². The molecule has 0 heterocycles. The first-order valence-corrected chi connectivity index (χ1v) is 11.4. The molecule has 3 nitrogen and oxygen atoms in total. The molecule has 0 aromatic carbocycles. The Morgan fingerprint density at radius 1 is 1.07 bits per heavy atom. The van der Waals surface area contributed by atoms with Crippen LogP contribution in [0.15, 0.2) is 11.6 Å². The predicted molar refractivity (Wildman–Crippen MR) is 108 cm³/mol. The second-order valence-electron chi connectivity index (χ2n) is 10.0. The summed E-state index contributed by atoms with van der Waals surface area (Å²) in [6.45, 7) is 8.32. The molecule has 0 radical (unpaired) electrons. The summed E-state index contributed by atoms with van der Waals surface area (Å²) in [7, 11) is 0. The van der Waals surface area contributed by atoms with E-state index in [0.29, 0.717) is 11.7 Å². The zero-order valence-corrected chi connectivity index (χ0v) is 17.6. The van der Waals surface area contributed by atoms with Crippen molar-refractivity contribution in [3.05, 3.63) is 11.6 Å². The molecule has 0 aromatic heterocycles. The van der Waals surface area contributed by atoms with Crippen molar-refractivity contribution in [3.63, 3.8) is 0 Å². The van der Waals surface area contributed by atoms with Gasteiger partial charge in [-0.15, -0.1) is 0 Å². The highest BCUT2D eigenvalue weighted by Crippen LogP contribution is 2.66. The third kappa shape index (κ3) is 3.00. The highest BCUT2D eigenvalue weighted by atomic mass is 16.2. The van der Waals surface area contributed by atoms with Crippen molar-refractivity contribution in [2.45, 2.75) is 85.0 Å². The Kier molecular flexibility index (Phi) is 5.01. The summed E-state index contributed by atoms with van der Waals surface area (Å²) in [5.41, 5.74) is 1.96. The average molecular weight is 372 g/mol. The van der Waals surface area contributed by atoms with E-state index >= 15 is 0 Å². The maximum atomic E-state index is 13.0. The minimum absolute atomic E-state index is 0.245. The quantitative estimate of drug-likeness (QED) is 0.685. The van der Waals surface area contributed by atoms with Gasteiger partial charge in [-0.05, 0) is 93.5 Å². The number of carbonyl (C=O) groups excluding carboxylic acids is 2. The lowest BCUT2D eigenvalue weighted by atomic mass is 9.47. The van der Waals surface area contributed by atoms with Gasteiger partial charge in [-0.25, -0.2) is 0 Å². The van der Waals surface area contributed by atoms with Gasteiger partial charge in [0.2, 0.25) is 5.91 Å². The van der Waals surface area contributed by atoms with Gasteiger partial charge in [-0.1, -0.05) is 18.9 Å². The van der Waals surface area contributed by atoms with Crippen molar-refractivity contribution in [3.8, 4) is 0 Å². The highest BCUT2D eigenvalue weighted by Gasteiger charge is 2.58. The summed E-state index contributed by atoms with van der Waals surface area (Å²) in [5.74, 6) is 2.95. The van der Waals surface area contributed by atoms with Gasteiger partial charge < -0.3 is 4.90 Å². The van der Waals surface area contributed by atoms with E-state index in [-0.39, 0.29) is 10.8 Å². The molecule has 4 aliphatic carbocycles. The Bertz CT molecular complexity index is 649. The lowest BCUT2D eigenvalue weighted by Gasteiger charge is -2.58. The molecule has 3 heteroatoms.